The van der Waals surface area contributed by atoms with Crippen LogP contribution in [0.15, 0.2) is 16.9 Å². The quantitative estimate of drug-likeness (QED) is 0.623. The zero-order valence-corrected chi connectivity index (χ0v) is 6.24. The Morgan fingerprint density at radius 3 is 3.17 bits per heavy atom. The summed E-state index contributed by atoms with van der Waals surface area (Å²) in [5.41, 5.74) is 0. The molecule has 0 spiro atoms. The van der Waals surface area contributed by atoms with Gasteiger partial charge in [0.05, 0.1) is 12.8 Å². The van der Waals surface area contributed by atoms with E-state index in [1.54, 1.807) is 0 Å². The zero-order valence-electron chi connectivity index (χ0n) is 6.24. The second kappa shape index (κ2) is 2.94. The van der Waals surface area contributed by atoms with Crippen molar-refractivity contribution < 1.29 is 13.9 Å². The Morgan fingerprint density at radius 1 is 1.58 bits per heavy atom. The zero-order chi connectivity index (χ0) is 8.39. The Morgan fingerprint density at radius 2 is 2.50 bits per heavy atom. The van der Waals surface area contributed by atoms with E-state index < -0.39 is 0 Å². The molecule has 63 valence electrons. The van der Waals surface area contributed by atoms with E-state index in [1.165, 1.54) is 12.5 Å². The molecular formula is C7H7N2O3. The minimum atomic E-state index is -0.274. The molecule has 0 atom stereocenters. The van der Waals surface area contributed by atoms with Gasteiger partial charge in [0.15, 0.2) is 0 Å². The van der Waals surface area contributed by atoms with E-state index in [0.717, 1.165) is 0 Å². The largest absolute Gasteiger partial charge is 0.445 e. The molecule has 12 heavy (non-hydrogen) atoms. The Labute approximate surface area is 68.7 Å². The van der Waals surface area contributed by atoms with E-state index in [1.807, 2.05) is 0 Å². The summed E-state index contributed by atoms with van der Waals surface area (Å²) < 4.78 is 9.99. The van der Waals surface area contributed by atoms with E-state index in [2.05, 4.69) is 10.3 Å². The molecule has 5 nitrogen and oxygen atoms in total. The minimum absolute atomic E-state index is 0.159. The lowest BCUT2D eigenvalue weighted by molar-refractivity contribution is -0.127. The average molecular weight is 167 g/mol. The summed E-state index contributed by atoms with van der Waals surface area (Å²) in [7, 11) is 0. The highest BCUT2D eigenvalue weighted by atomic mass is 16.5. The monoisotopic (exact) mass is 167 g/mol. The molecule has 1 fully saturated rings. The molecule has 1 amide bonds. The predicted octanol–water partition coefficient (Wildman–Crippen LogP) is -0.299. The topological polar surface area (TPSA) is 64.4 Å². The minimum Gasteiger partial charge on any atom is -0.445 e. The molecule has 1 N–H and O–H groups in total. The number of nitrogens with one attached hydrogen (secondary N) is 1. The lowest BCUT2D eigenvalue weighted by Crippen LogP contribution is -2.39. The van der Waals surface area contributed by atoms with Crippen LogP contribution in [0.5, 0.6) is 0 Å². The van der Waals surface area contributed by atoms with Gasteiger partial charge in [-0.2, -0.15) is 0 Å². The van der Waals surface area contributed by atoms with Crippen molar-refractivity contribution in [3.63, 3.8) is 0 Å². The number of hydrogen-bond donors (Lipinski definition) is 1. The number of amides is 1. The van der Waals surface area contributed by atoms with Gasteiger partial charge in [-0.25, -0.2) is 4.98 Å². The van der Waals surface area contributed by atoms with Crippen molar-refractivity contribution in [3.05, 3.63) is 24.5 Å². The summed E-state index contributed by atoms with van der Waals surface area (Å²) in [6, 6.07) is 0. The molecule has 0 saturated carbocycles. The Bertz CT molecular complexity index is 270. The van der Waals surface area contributed by atoms with E-state index in [4.69, 9.17) is 9.15 Å². The lowest BCUT2D eigenvalue weighted by atomic mass is 10.3. The number of oxazole rings is 1. The van der Waals surface area contributed by atoms with Gasteiger partial charge < -0.3 is 14.5 Å². The van der Waals surface area contributed by atoms with Gasteiger partial charge in [0.1, 0.15) is 6.26 Å². The molecule has 0 aliphatic carbocycles. The third-order valence-electron chi connectivity index (χ3n) is 1.47. The molecule has 0 unspecified atom stereocenters. The summed E-state index contributed by atoms with van der Waals surface area (Å²) in [5, 5.41) is 2.62. The first-order chi connectivity index (χ1) is 5.88. The number of aromatic nitrogens is 1. The molecule has 1 aliphatic heterocycles. The Hall–Kier alpha value is -1.36. The molecule has 1 aromatic rings. The van der Waals surface area contributed by atoms with Gasteiger partial charge in [0.25, 0.3) is 12.0 Å². The van der Waals surface area contributed by atoms with Crippen LogP contribution >= 0.6 is 0 Å². The molecule has 1 aliphatic rings. The summed E-state index contributed by atoms with van der Waals surface area (Å²) >= 11 is 0. The van der Waals surface area contributed by atoms with Gasteiger partial charge in [-0.3, -0.25) is 4.79 Å². The van der Waals surface area contributed by atoms with Gasteiger partial charge >= 0.3 is 0 Å². The molecule has 0 bridgehead atoms. The van der Waals surface area contributed by atoms with E-state index >= 15 is 0 Å². The van der Waals surface area contributed by atoms with Gasteiger partial charge in [-0.05, 0) is 0 Å². The van der Waals surface area contributed by atoms with Crippen molar-refractivity contribution in [1.82, 2.24) is 10.3 Å². The molecule has 1 aromatic heterocycles. The third kappa shape index (κ3) is 1.18. The smallest absolute Gasteiger partial charge is 0.270 e. The highest BCUT2D eigenvalue weighted by molar-refractivity contribution is 5.91. The van der Waals surface area contributed by atoms with Crippen LogP contribution in [0.1, 0.15) is 5.89 Å². The summed E-state index contributed by atoms with van der Waals surface area (Å²) in [6.07, 6.45) is 3.02. The second-order valence-electron chi connectivity index (χ2n) is 2.27. The van der Waals surface area contributed by atoms with Crippen LogP contribution in [-0.2, 0) is 9.53 Å². The SMILES string of the molecule is O=C1NCCO[C]1c1ncco1. The van der Waals surface area contributed by atoms with Gasteiger partial charge in [-0.1, -0.05) is 0 Å². The number of rotatable bonds is 1. The first kappa shape index (κ1) is 7.30. The highest BCUT2D eigenvalue weighted by Crippen LogP contribution is 2.15. The third-order valence-corrected chi connectivity index (χ3v) is 1.47. The van der Waals surface area contributed by atoms with E-state index in [-0.39, 0.29) is 17.9 Å². The molecule has 2 heterocycles. The van der Waals surface area contributed by atoms with Gasteiger partial charge in [0, 0.05) is 6.54 Å². The maximum Gasteiger partial charge on any atom is 0.270 e. The molecule has 5 heteroatoms. The van der Waals surface area contributed by atoms with Crippen molar-refractivity contribution in [2.24, 2.45) is 0 Å². The molecule has 2 rings (SSSR count). The number of carbonyl (C=O) groups excluding carboxylic acids is 1. The van der Waals surface area contributed by atoms with Gasteiger partial charge in [-0.15, -0.1) is 0 Å². The molecule has 0 aromatic carbocycles. The predicted molar refractivity (Wildman–Crippen MR) is 37.8 cm³/mol. The molecule has 1 saturated heterocycles. The van der Waals surface area contributed by atoms with Crippen LogP contribution < -0.4 is 5.32 Å². The van der Waals surface area contributed by atoms with Crippen molar-refractivity contribution in [2.75, 3.05) is 13.2 Å². The summed E-state index contributed by atoms with van der Waals surface area (Å²) in [4.78, 5) is 14.9. The number of hydrogen-bond acceptors (Lipinski definition) is 4. The Kier molecular flexibility index (Phi) is 1.79. The van der Waals surface area contributed by atoms with Crippen LogP contribution in [0.25, 0.3) is 0 Å². The summed E-state index contributed by atoms with van der Waals surface area (Å²) in [6.45, 7) is 0.993. The maximum atomic E-state index is 11.1. The first-order valence-electron chi connectivity index (χ1n) is 3.56. The van der Waals surface area contributed by atoms with E-state index in [9.17, 15) is 4.79 Å². The number of nitrogens with zero attached hydrogens (tertiary/aromatic N) is 1. The van der Waals surface area contributed by atoms with Crippen LogP contribution in [0, 0.1) is 6.10 Å². The maximum absolute atomic E-state index is 11.1. The molecule has 1 radical (unpaired) electrons. The second-order valence-corrected chi connectivity index (χ2v) is 2.27. The highest BCUT2D eigenvalue weighted by Gasteiger charge is 2.30. The fourth-order valence-corrected chi connectivity index (χ4v) is 0.958. The van der Waals surface area contributed by atoms with Crippen LogP contribution in [-0.4, -0.2) is 24.0 Å². The van der Waals surface area contributed by atoms with Crippen LogP contribution in [0.4, 0.5) is 0 Å². The normalized spacial score (nSPS) is 19.2. The lowest BCUT2D eigenvalue weighted by Gasteiger charge is -2.18. The number of morpholine rings is 1. The van der Waals surface area contributed by atoms with Crippen molar-refractivity contribution in [1.29, 1.82) is 0 Å². The first-order valence-corrected chi connectivity index (χ1v) is 3.56. The standard InChI is InChI=1S/C7H7N2O3/c10-6-5(11-3-1-8-6)7-9-2-4-12-7/h2,4H,1,3H2,(H,8,10). The van der Waals surface area contributed by atoms with Crippen molar-refractivity contribution >= 4 is 5.91 Å². The molecular weight excluding hydrogens is 160 g/mol. The fraction of sp³-hybridized carbons (Fsp3) is 0.286. The van der Waals surface area contributed by atoms with Crippen LogP contribution in [0.2, 0.25) is 0 Å². The van der Waals surface area contributed by atoms with Crippen molar-refractivity contribution in [2.45, 2.75) is 0 Å². The average Bonchev–Trinajstić information content (AvgIpc) is 2.57. The number of carbonyl (C=O) groups is 1. The number of ether oxygens (including phenoxy) is 1. The Balaban J connectivity index is 2.17. The van der Waals surface area contributed by atoms with Crippen LogP contribution in [0.3, 0.4) is 0 Å². The fourth-order valence-electron chi connectivity index (χ4n) is 0.958. The van der Waals surface area contributed by atoms with Gasteiger partial charge in [0.2, 0.25) is 5.89 Å². The van der Waals surface area contributed by atoms with E-state index in [0.29, 0.717) is 13.2 Å². The summed E-state index contributed by atoms with van der Waals surface area (Å²) in [5.74, 6) is -0.0455. The van der Waals surface area contributed by atoms with Crippen molar-refractivity contribution in [3.8, 4) is 0 Å².